The molecule has 184 valence electrons. The Kier molecular flexibility index (Phi) is 7.04. The van der Waals surface area contributed by atoms with Crippen molar-refractivity contribution in [1.82, 2.24) is 25.2 Å². The number of amides is 2. The van der Waals surface area contributed by atoms with E-state index in [0.29, 0.717) is 25.9 Å². The quantitative estimate of drug-likeness (QED) is 0.576. The molecule has 0 atom stereocenters. The summed E-state index contributed by atoms with van der Waals surface area (Å²) in [4.78, 5) is 26.5. The van der Waals surface area contributed by atoms with E-state index in [4.69, 9.17) is 4.74 Å². The molecular weight excluding hydrogens is 463 g/mol. The van der Waals surface area contributed by atoms with Crippen LogP contribution >= 0.6 is 0 Å². The molecule has 0 aliphatic carbocycles. The Hall–Kier alpha value is -3.89. The Morgan fingerprint density at radius 2 is 1.86 bits per heavy atom. The number of rotatable bonds is 6. The zero-order chi connectivity index (χ0) is 25.0. The van der Waals surface area contributed by atoms with E-state index < -0.39 is 17.6 Å². The molecule has 1 fully saturated rings. The smallest absolute Gasteiger partial charge is 0.416 e. The first-order chi connectivity index (χ1) is 16.7. The third kappa shape index (κ3) is 6.17. The van der Waals surface area contributed by atoms with E-state index in [1.807, 2.05) is 31.2 Å². The summed E-state index contributed by atoms with van der Waals surface area (Å²) in [6, 6.07) is 12.3. The van der Waals surface area contributed by atoms with Crippen LogP contribution in [0, 0.1) is 6.92 Å². The maximum absolute atomic E-state index is 12.9. The fourth-order valence-corrected chi connectivity index (χ4v) is 3.78. The Morgan fingerprint density at radius 1 is 1.11 bits per heavy atom. The van der Waals surface area contributed by atoms with E-state index in [0.717, 1.165) is 23.4 Å². The van der Waals surface area contributed by atoms with Crippen LogP contribution in [-0.4, -0.2) is 57.4 Å². The molecule has 2 amide bonds. The van der Waals surface area contributed by atoms with Crippen molar-refractivity contribution in [3.63, 3.8) is 0 Å². The molecule has 1 aliphatic heterocycles. The molecule has 35 heavy (non-hydrogen) atoms. The first-order valence-corrected chi connectivity index (χ1v) is 11.1. The summed E-state index contributed by atoms with van der Waals surface area (Å²) in [5.41, 5.74) is 1.13. The first kappa shape index (κ1) is 24.2. The Balaban J connectivity index is 1.24. The van der Waals surface area contributed by atoms with Gasteiger partial charge in [0.25, 0.3) is 5.91 Å². The second-order valence-corrected chi connectivity index (χ2v) is 8.29. The highest BCUT2D eigenvalue weighted by molar-refractivity contribution is 5.94. The van der Waals surface area contributed by atoms with Gasteiger partial charge in [-0.15, -0.1) is 5.10 Å². The van der Waals surface area contributed by atoms with Crippen LogP contribution in [0.5, 0.6) is 5.75 Å². The van der Waals surface area contributed by atoms with Crippen LogP contribution in [0.3, 0.4) is 0 Å². The summed E-state index contributed by atoms with van der Waals surface area (Å²) in [6.45, 7) is 2.50. The summed E-state index contributed by atoms with van der Waals surface area (Å²) in [5.74, 6) is -0.627. The average molecular weight is 487 g/mol. The number of halogens is 3. The molecule has 0 bridgehead atoms. The maximum atomic E-state index is 12.9. The van der Waals surface area contributed by atoms with Crippen molar-refractivity contribution in [2.75, 3.05) is 19.6 Å². The molecule has 4 rings (SSSR count). The lowest BCUT2D eigenvalue weighted by atomic mass is 10.1. The highest BCUT2D eigenvalue weighted by Gasteiger charge is 2.31. The number of hydrogen-bond donors (Lipinski definition) is 1. The monoisotopic (exact) mass is 487 g/mol. The van der Waals surface area contributed by atoms with Gasteiger partial charge in [-0.3, -0.25) is 9.59 Å². The maximum Gasteiger partial charge on any atom is 0.416 e. The van der Waals surface area contributed by atoms with Crippen molar-refractivity contribution >= 4 is 11.8 Å². The predicted octanol–water partition coefficient (Wildman–Crippen LogP) is 3.39. The van der Waals surface area contributed by atoms with Gasteiger partial charge in [-0.1, -0.05) is 23.4 Å². The van der Waals surface area contributed by atoms with Crippen LogP contribution in [-0.2, 0) is 11.0 Å². The molecule has 3 aromatic rings. The number of nitrogens with one attached hydrogen (secondary N) is 1. The van der Waals surface area contributed by atoms with E-state index in [-0.39, 0.29) is 30.0 Å². The second kappa shape index (κ2) is 10.2. The number of nitrogens with zero attached hydrogens (tertiary/aromatic N) is 4. The van der Waals surface area contributed by atoms with Gasteiger partial charge >= 0.3 is 6.18 Å². The van der Waals surface area contributed by atoms with Gasteiger partial charge in [0.05, 0.1) is 24.0 Å². The largest absolute Gasteiger partial charge is 0.490 e. The summed E-state index contributed by atoms with van der Waals surface area (Å²) in [6.07, 6.45) is -2.30. The molecule has 1 aromatic heterocycles. The Morgan fingerprint density at radius 3 is 2.57 bits per heavy atom. The molecule has 1 aliphatic rings. The molecular formula is C24H24F3N5O3. The van der Waals surface area contributed by atoms with Crippen LogP contribution in [0.15, 0.2) is 54.7 Å². The van der Waals surface area contributed by atoms with Crippen molar-refractivity contribution < 1.29 is 27.5 Å². The lowest BCUT2D eigenvalue weighted by Gasteiger charge is -2.32. The minimum atomic E-state index is -4.44. The van der Waals surface area contributed by atoms with Gasteiger partial charge in [0, 0.05) is 25.9 Å². The molecule has 0 unspecified atom stereocenters. The molecule has 1 N–H and O–H groups in total. The van der Waals surface area contributed by atoms with Crippen molar-refractivity contribution in [1.29, 1.82) is 0 Å². The average Bonchev–Trinajstić information content (AvgIpc) is 3.33. The van der Waals surface area contributed by atoms with E-state index in [1.54, 1.807) is 4.90 Å². The van der Waals surface area contributed by atoms with E-state index >= 15 is 0 Å². The molecule has 0 saturated carbocycles. The highest BCUT2D eigenvalue weighted by Crippen LogP contribution is 2.32. The molecule has 8 nitrogen and oxygen atoms in total. The fraction of sp³-hybridized carbons (Fsp3) is 0.333. The number of aromatic nitrogens is 3. The van der Waals surface area contributed by atoms with Crippen LogP contribution in [0.2, 0.25) is 0 Å². The zero-order valence-electron chi connectivity index (χ0n) is 19.0. The van der Waals surface area contributed by atoms with Gasteiger partial charge in [-0.2, -0.15) is 13.2 Å². The van der Waals surface area contributed by atoms with Crippen LogP contribution in [0.1, 0.15) is 34.5 Å². The van der Waals surface area contributed by atoms with Gasteiger partial charge in [-0.05, 0) is 42.8 Å². The number of hydrogen-bond acceptors (Lipinski definition) is 5. The number of alkyl halides is 3. The molecule has 0 radical (unpaired) electrons. The minimum Gasteiger partial charge on any atom is -0.490 e. The van der Waals surface area contributed by atoms with Gasteiger partial charge in [-0.25, -0.2) is 4.68 Å². The van der Waals surface area contributed by atoms with Crippen molar-refractivity contribution in [3.8, 4) is 11.4 Å². The van der Waals surface area contributed by atoms with Gasteiger partial charge in [0.15, 0.2) is 5.69 Å². The summed E-state index contributed by atoms with van der Waals surface area (Å²) < 4.78 is 45.8. The number of likely N-dealkylation sites (tertiary alicyclic amines) is 1. The minimum absolute atomic E-state index is 0.0903. The van der Waals surface area contributed by atoms with Crippen LogP contribution in [0.25, 0.3) is 5.69 Å². The van der Waals surface area contributed by atoms with Crippen molar-refractivity contribution in [2.24, 2.45) is 0 Å². The topological polar surface area (TPSA) is 89.4 Å². The van der Waals surface area contributed by atoms with Gasteiger partial charge < -0.3 is 15.0 Å². The number of ether oxygens (including phenoxy) is 1. The number of carbonyl (C=O) groups is 2. The number of aryl methyl sites for hydroxylation is 1. The van der Waals surface area contributed by atoms with E-state index in [9.17, 15) is 22.8 Å². The molecule has 2 heterocycles. The fourth-order valence-electron chi connectivity index (χ4n) is 3.78. The standard InChI is InChI=1S/C24H24F3N5O3/c1-16-4-2-6-18(12-16)32-15-21(29-30-32)23(34)28-14-22(33)31-10-8-19(9-11-31)35-20-7-3-5-17(13-20)24(25,26)27/h2-7,12-13,15,19H,8-11,14H2,1H3,(H,28,34). The lowest BCUT2D eigenvalue weighted by molar-refractivity contribution is -0.138. The van der Waals surface area contributed by atoms with Gasteiger partial charge in [0.2, 0.25) is 5.91 Å². The first-order valence-electron chi connectivity index (χ1n) is 11.1. The molecule has 1 saturated heterocycles. The highest BCUT2D eigenvalue weighted by atomic mass is 19.4. The van der Waals surface area contributed by atoms with Crippen LogP contribution in [0.4, 0.5) is 13.2 Å². The Bertz CT molecular complexity index is 1200. The molecule has 2 aromatic carbocycles. The SMILES string of the molecule is Cc1cccc(-n2cc(C(=O)NCC(=O)N3CCC(Oc4cccc(C(F)(F)F)c4)CC3)nn2)c1. The van der Waals surface area contributed by atoms with Crippen molar-refractivity contribution in [2.45, 2.75) is 32.0 Å². The number of carbonyl (C=O) groups excluding carboxylic acids is 2. The van der Waals surface area contributed by atoms with Crippen LogP contribution < -0.4 is 10.1 Å². The zero-order valence-corrected chi connectivity index (χ0v) is 19.0. The predicted molar refractivity (Wildman–Crippen MR) is 120 cm³/mol. The number of benzene rings is 2. The summed E-state index contributed by atoms with van der Waals surface area (Å²) >= 11 is 0. The van der Waals surface area contributed by atoms with E-state index in [1.165, 1.54) is 23.0 Å². The molecule has 0 spiro atoms. The van der Waals surface area contributed by atoms with E-state index in [2.05, 4.69) is 15.6 Å². The lowest BCUT2D eigenvalue weighted by Crippen LogP contribution is -2.46. The Labute approximate surface area is 199 Å². The second-order valence-electron chi connectivity index (χ2n) is 8.29. The van der Waals surface area contributed by atoms with Crippen molar-refractivity contribution in [3.05, 3.63) is 71.5 Å². The summed E-state index contributed by atoms with van der Waals surface area (Å²) in [7, 11) is 0. The third-order valence-corrected chi connectivity index (χ3v) is 5.65. The third-order valence-electron chi connectivity index (χ3n) is 5.65. The summed E-state index contributed by atoms with van der Waals surface area (Å²) in [5, 5.41) is 10.4. The molecule has 11 heteroatoms. The van der Waals surface area contributed by atoms with Gasteiger partial charge in [0.1, 0.15) is 11.9 Å². The normalized spacial score (nSPS) is 14.6. The number of piperidine rings is 1.